The van der Waals surface area contributed by atoms with Gasteiger partial charge in [0.2, 0.25) is 0 Å². The first-order chi connectivity index (χ1) is 4.93. The summed E-state index contributed by atoms with van der Waals surface area (Å²) in [6.45, 7) is 4.00. The number of hydrogen-bond donors (Lipinski definition) is 0. The molecule has 12 heavy (non-hydrogen) atoms. The highest BCUT2D eigenvalue weighted by molar-refractivity contribution is 5.53. The Bertz CT molecular complexity index is 73.1. The average Bonchev–Trinajstić information content (AvgIpc) is 2.10. The van der Waals surface area contributed by atoms with Crippen LogP contribution in [0.4, 0.5) is 0 Å². The van der Waals surface area contributed by atoms with Gasteiger partial charge in [0.15, 0.2) is 0 Å². The molecular formula is C11H26O. The van der Waals surface area contributed by atoms with Gasteiger partial charge in [0.05, 0.1) is 0 Å². The number of hydrogen-bond acceptors (Lipinski definition) is 1. The van der Waals surface area contributed by atoms with Crippen molar-refractivity contribution in [2.24, 2.45) is 5.92 Å². The zero-order chi connectivity index (χ0) is 7.82. The largest absolute Gasteiger partial charge is 0.303 e. The summed E-state index contributed by atoms with van der Waals surface area (Å²) in [5.41, 5.74) is 0. The molecule has 0 heterocycles. The highest BCUT2D eigenvalue weighted by Gasteiger charge is 2.10. The Balaban J connectivity index is -0.000000189. The molecule has 0 radical (unpaired) electrons. The van der Waals surface area contributed by atoms with Crippen molar-refractivity contribution >= 4 is 6.29 Å². The summed E-state index contributed by atoms with van der Waals surface area (Å²) in [6.07, 6.45) is 7.27. The first-order valence-corrected chi connectivity index (χ1v) is 4.39. The smallest absolute Gasteiger partial charge is 0.123 e. The Morgan fingerprint density at radius 1 is 1.00 bits per heavy atom. The van der Waals surface area contributed by atoms with Gasteiger partial charge < -0.3 is 4.79 Å². The van der Waals surface area contributed by atoms with E-state index < -0.39 is 0 Å². The third kappa shape index (κ3) is 7.77. The average molecular weight is 174 g/mol. The lowest BCUT2D eigenvalue weighted by Gasteiger charge is -2.14. The fourth-order valence-corrected chi connectivity index (χ4v) is 1.27. The van der Waals surface area contributed by atoms with Crippen LogP contribution < -0.4 is 0 Å². The molecule has 1 aliphatic rings. The van der Waals surface area contributed by atoms with Crippen LogP contribution in [0.15, 0.2) is 0 Å². The Labute approximate surface area is 78.6 Å². The molecule has 1 fully saturated rings. The third-order valence-electron chi connectivity index (χ3n) is 1.84. The van der Waals surface area contributed by atoms with E-state index in [-0.39, 0.29) is 14.9 Å². The minimum atomic E-state index is 0. The third-order valence-corrected chi connectivity index (χ3v) is 1.84. The Hall–Kier alpha value is -0.330. The van der Waals surface area contributed by atoms with Crippen molar-refractivity contribution in [2.45, 2.75) is 60.8 Å². The predicted molar refractivity (Wildman–Crippen MR) is 57.4 cm³/mol. The summed E-state index contributed by atoms with van der Waals surface area (Å²) in [4.78, 5) is 10.2. The second-order valence-electron chi connectivity index (χ2n) is 2.53. The maximum Gasteiger partial charge on any atom is 0.123 e. The molecule has 0 unspecified atom stereocenters. The fourth-order valence-electron chi connectivity index (χ4n) is 1.27. The molecule has 0 spiro atoms. The lowest BCUT2D eigenvalue weighted by molar-refractivity contribution is -0.111. The van der Waals surface area contributed by atoms with Gasteiger partial charge in [0.1, 0.15) is 6.29 Å². The standard InChI is InChI=1S/C7H12O.C2H6.2CH4/c8-6-7-4-2-1-3-5-7;1-2;;/h6-7H,1-5H2;1-2H3;2*1H4. The Kier molecular flexibility index (Phi) is 19.6. The van der Waals surface area contributed by atoms with E-state index in [2.05, 4.69) is 0 Å². The van der Waals surface area contributed by atoms with Crippen molar-refractivity contribution in [1.29, 1.82) is 0 Å². The van der Waals surface area contributed by atoms with E-state index in [0.717, 1.165) is 19.1 Å². The van der Waals surface area contributed by atoms with E-state index in [9.17, 15) is 4.79 Å². The predicted octanol–water partition coefficient (Wildman–Crippen LogP) is 4.06. The Morgan fingerprint density at radius 3 is 1.67 bits per heavy atom. The number of rotatable bonds is 1. The molecule has 1 rings (SSSR count). The molecule has 0 saturated heterocycles. The summed E-state index contributed by atoms with van der Waals surface area (Å²) in [5, 5.41) is 0. The summed E-state index contributed by atoms with van der Waals surface area (Å²) in [6, 6.07) is 0. The molecule has 1 heteroatoms. The Morgan fingerprint density at radius 2 is 1.42 bits per heavy atom. The quantitative estimate of drug-likeness (QED) is 0.548. The lowest BCUT2D eigenvalue weighted by Crippen LogP contribution is -2.06. The normalized spacial score (nSPS) is 15.8. The minimum Gasteiger partial charge on any atom is -0.303 e. The zero-order valence-electron chi connectivity index (χ0n) is 7.10. The van der Waals surface area contributed by atoms with Crippen LogP contribution >= 0.6 is 0 Å². The SMILES string of the molecule is C.C.CC.O=CC1CCCCC1. The van der Waals surface area contributed by atoms with Crippen molar-refractivity contribution in [3.63, 3.8) is 0 Å². The van der Waals surface area contributed by atoms with E-state index in [1.807, 2.05) is 13.8 Å². The van der Waals surface area contributed by atoms with Crippen molar-refractivity contribution in [2.75, 3.05) is 0 Å². The van der Waals surface area contributed by atoms with Gasteiger partial charge >= 0.3 is 0 Å². The van der Waals surface area contributed by atoms with Crippen molar-refractivity contribution < 1.29 is 4.79 Å². The van der Waals surface area contributed by atoms with Gasteiger partial charge in [0.25, 0.3) is 0 Å². The summed E-state index contributed by atoms with van der Waals surface area (Å²) >= 11 is 0. The van der Waals surface area contributed by atoms with E-state index in [1.165, 1.54) is 19.3 Å². The van der Waals surface area contributed by atoms with Gasteiger partial charge in [-0.15, -0.1) is 0 Å². The van der Waals surface area contributed by atoms with Crippen LogP contribution in [0.2, 0.25) is 0 Å². The molecule has 0 aliphatic heterocycles. The second-order valence-corrected chi connectivity index (χ2v) is 2.53. The molecule has 0 N–H and O–H groups in total. The number of carbonyl (C=O) groups excluding carboxylic acids is 1. The van der Waals surface area contributed by atoms with E-state index in [4.69, 9.17) is 0 Å². The first kappa shape index (κ1) is 17.7. The lowest BCUT2D eigenvalue weighted by atomic mass is 9.91. The topological polar surface area (TPSA) is 17.1 Å². The van der Waals surface area contributed by atoms with Gasteiger partial charge in [-0.05, 0) is 12.8 Å². The molecule has 0 aromatic carbocycles. The molecular weight excluding hydrogens is 148 g/mol. The molecule has 0 amide bonds. The van der Waals surface area contributed by atoms with Crippen LogP contribution in [0.5, 0.6) is 0 Å². The molecule has 0 aromatic rings. The summed E-state index contributed by atoms with van der Waals surface area (Å²) in [7, 11) is 0. The van der Waals surface area contributed by atoms with Gasteiger partial charge in [-0.2, -0.15) is 0 Å². The van der Waals surface area contributed by atoms with Gasteiger partial charge in [-0.1, -0.05) is 48.0 Å². The zero-order valence-corrected chi connectivity index (χ0v) is 7.10. The van der Waals surface area contributed by atoms with Gasteiger partial charge in [-0.3, -0.25) is 0 Å². The van der Waals surface area contributed by atoms with Crippen LogP contribution in [0, 0.1) is 5.92 Å². The van der Waals surface area contributed by atoms with Crippen LogP contribution in [-0.2, 0) is 4.79 Å². The summed E-state index contributed by atoms with van der Waals surface area (Å²) < 4.78 is 0. The van der Waals surface area contributed by atoms with Gasteiger partial charge in [0, 0.05) is 5.92 Å². The first-order valence-electron chi connectivity index (χ1n) is 4.39. The minimum absolute atomic E-state index is 0. The molecule has 76 valence electrons. The maximum absolute atomic E-state index is 10.2. The molecule has 1 aliphatic carbocycles. The summed E-state index contributed by atoms with van der Waals surface area (Å²) in [5.74, 6) is 0.406. The molecule has 0 atom stereocenters. The highest BCUT2D eigenvalue weighted by atomic mass is 16.1. The van der Waals surface area contributed by atoms with E-state index in [0.29, 0.717) is 5.92 Å². The molecule has 1 saturated carbocycles. The fraction of sp³-hybridized carbons (Fsp3) is 0.909. The second kappa shape index (κ2) is 13.3. The van der Waals surface area contributed by atoms with Crippen molar-refractivity contribution in [3.8, 4) is 0 Å². The number of aldehydes is 1. The monoisotopic (exact) mass is 174 g/mol. The van der Waals surface area contributed by atoms with E-state index in [1.54, 1.807) is 0 Å². The molecule has 0 aromatic heterocycles. The maximum atomic E-state index is 10.2. The van der Waals surface area contributed by atoms with Crippen LogP contribution in [0.25, 0.3) is 0 Å². The van der Waals surface area contributed by atoms with Crippen molar-refractivity contribution in [1.82, 2.24) is 0 Å². The van der Waals surface area contributed by atoms with Gasteiger partial charge in [-0.25, -0.2) is 0 Å². The van der Waals surface area contributed by atoms with Crippen LogP contribution in [0.1, 0.15) is 60.8 Å². The molecule has 1 nitrogen and oxygen atoms in total. The van der Waals surface area contributed by atoms with Crippen LogP contribution in [-0.4, -0.2) is 6.29 Å². The van der Waals surface area contributed by atoms with Crippen LogP contribution in [0.3, 0.4) is 0 Å². The number of carbonyl (C=O) groups is 1. The van der Waals surface area contributed by atoms with Crippen molar-refractivity contribution in [3.05, 3.63) is 0 Å². The highest BCUT2D eigenvalue weighted by Crippen LogP contribution is 2.21. The van der Waals surface area contributed by atoms with E-state index >= 15 is 0 Å². The molecule has 0 bridgehead atoms.